The van der Waals surface area contributed by atoms with Crippen LogP contribution in [0.1, 0.15) is 19.3 Å². The molecule has 0 aromatic carbocycles. The Morgan fingerprint density at radius 1 is 1.16 bits per heavy atom. The van der Waals surface area contributed by atoms with Gasteiger partial charge in [0.05, 0.1) is 5.92 Å². The summed E-state index contributed by atoms with van der Waals surface area (Å²) in [5, 5.41) is 3.19. The van der Waals surface area contributed by atoms with Crippen LogP contribution in [0.25, 0.3) is 0 Å². The van der Waals surface area contributed by atoms with Crippen molar-refractivity contribution < 1.29 is 17.9 Å². The molecule has 0 aromatic heterocycles. The van der Waals surface area contributed by atoms with E-state index in [1.165, 1.54) is 7.05 Å². The molecule has 3 atom stereocenters. The molecule has 1 saturated carbocycles. The molecule has 1 N–H and O–H groups in total. The second kappa shape index (κ2) is 5.75. The third kappa shape index (κ3) is 3.66. The summed E-state index contributed by atoms with van der Waals surface area (Å²) in [7, 11) is 1.33. The second-order valence-corrected chi connectivity index (χ2v) is 5.59. The van der Waals surface area contributed by atoms with Crippen molar-refractivity contribution in [1.82, 2.24) is 10.2 Å². The number of hydrogen-bond donors (Lipinski definition) is 1. The quantitative estimate of drug-likeness (QED) is 0.777. The van der Waals surface area contributed by atoms with Crippen LogP contribution in [0.3, 0.4) is 0 Å². The highest BCUT2D eigenvalue weighted by Gasteiger charge is 2.49. The molecule has 110 valence electrons. The van der Waals surface area contributed by atoms with E-state index in [0.717, 1.165) is 26.2 Å². The monoisotopic (exact) mass is 280 g/mol. The van der Waals surface area contributed by atoms with Crippen LogP contribution in [0.4, 0.5) is 13.2 Å². The van der Waals surface area contributed by atoms with E-state index in [1.807, 2.05) is 0 Å². The topological polar surface area (TPSA) is 35.4 Å². The molecule has 0 radical (unpaired) electrons. The first-order chi connectivity index (χ1) is 8.88. The number of hydrogen-bond acceptors (Lipinski definition) is 3. The van der Waals surface area contributed by atoms with Crippen LogP contribution in [0.2, 0.25) is 0 Å². The van der Waals surface area contributed by atoms with E-state index in [2.05, 4.69) is 10.2 Å². The van der Waals surface area contributed by atoms with Gasteiger partial charge in [0.1, 0.15) is 0 Å². The number of nitrogens with zero attached hydrogens (tertiary/aromatic N) is 2. The Bertz CT molecular complexity index is 329. The number of piperazine rings is 1. The van der Waals surface area contributed by atoms with Gasteiger partial charge < -0.3 is 5.32 Å². The van der Waals surface area contributed by atoms with Gasteiger partial charge in [-0.3, -0.25) is 4.90 Å². The Balaban J connectivity index is 2.07. The summed E-state index contributed by atoms with van der Waals surface area (Å²) in [6.45, 7) is 3.16. The highest BCUT2D eigenvalue weighted by Crippen LogP contribution is 2.39. The molecule has 1 saturated heterocycles. The molecule has 1 aliphatic heterocycles. The summed E-state index contributed by atoms with van der Waals surface area (Å²) in [4.78, 5) is 13.5. The van der Waals surface area contributed by atoms with Crippen molar-refractivity contribution in [2.24, 2.45) is 5.92 Å². The molecule has 2 rings (SSSR count). The maximum atomic E-state index is 13.0. The standard InChI is InChI=1S/C12H21F3N3O/c1-17(19)10-6-9(12(13,14)15)7-11(8-10)18-4-2-16-3-5-18/h9-11,16H,2-8H2,1H3/q+1. The Kier molecular flexibility index (Phi) is 4.45. The lowest BCUT2D eigenvalue weighted by Crippen LogP contribution is -2.53. The molecule has 4 nitrogen and oxygen atoms in total. The number of nitroso groups, excluding NO2 is 1. The van der Waals surface area contributed by atoms with Crippen molar-refractivity contribution in [1.29, 1.82) is 0 Å². The van der Waals surface area contributed by atoms with Crippen LogP contribution < -0.4 is 5.32 Å². The minimum atomic E-state index is -4.19. The van der Waals surface area contributed by atoms with Crippen LogP contribution in [0.15, 0.2) is 0 Å². The molecule has 0 aromatic rings. The maximum absolute atomic E-state index is 13.0. The molecule has 0 spiro atoms. The molecular formula is C12H21F3N3O+. The highest BCUT2D eigenvalue weighted by molar-refractivity contribution is 4.89. The summed E-state index contributed by atoms with van der Waals surface area (Å²) in [5.74, 6) is -1.34. The van der Waals surface area contributed by atoms with E-state index in [9.17, 15) is 18.1 Å². The number of alkyl halides is 3. The van der Waals surface area contributed by atoms with Gasteiger partial charge in [-0.2, -0.15) is 13.2 Å². The molecule has 2 fully saturated rings. The van der Waals surface area contributed by atoms with E-state index in [1.54, 1.807) is 0 Å². The predicted molar refractivity (Wildman–Crippen MR) is 65.0 cm³/mol. The van der Waals surface area contributed by atoms with Crippen LogP contribution in [0, 0.1) is 10.8 Å². The first-order valence-corrected chi connectivity index (χ1v) is 6.79. The van der Waals surface area contributed by atoms with Crippen LogP contribution >= 0.6 is 0 Å². The number of rotatable bonds is 2. The summed E-state index contributed by atoms with van der Waals surface area (Å²) in [6, 6.07) is -0.635. The Labute approximate surface area is 110 Å². The minimum absolute atomic E-state index is 0.0634. The SMILES string of the molecule is C[N+](=O)C1CC(N2CCNCC2)CC(C(F)(F)F)C1. The van der Waals surface area contributed by atoms with E-state index < -0.39 is 18.1 Å². The summed E-state index contributed by atoms with van der Waals surface area (Å²) < 4.78 is 39.6. The third-order valence-corrected chi connectivity index (χ3v) is 4.30. The first-order valence-electron chi connectivity index (χ1n) is 6.79. The largest absolute Gasteiger partial charge is 0.392 e. The molecule has 19 heavy (non-hydrogen) atoms. The van der Waals surface area contributed by atoms with Crippen LogP contribution in [0.5, 0.6) is 0 Å². The predicted octanol–water partition coefficient (Wildman–Crippen LogP) is 1.40. The van der Waals surface area contributed by atoms with Gasteiger partial charge in [-0.25, -0.2) is 0 Å². The fourth-order valence-electron chi connectivity index (χ4n) is 3.17. The molecule has 7 heteroatoms. The van der Waals surface area contributed by atoms with Crippen molar-refractivity contribution in [2.75, 3.05) is 33.2 Å². The summed E-state index contributed by atoms with van der Waals surface area (Å²) in [5.41, 5.74) is 0. The Morgan fingerprint density at radius 3 is 2.32 bits per heavy atom. The molecule has 2 aliphatic rings. The van der Waals surface area contributed by atoms with Crippen molar-refractivity contribution in [2.45, 2.75) is 37.5 Å². The highest BCUT2D eigenvalue weighted by atomic mass is 19.4. The molecule has 1 heterocycles. The lowest BCUT2D eigenvalue weighted by atomic mass is 9.81. The first kappa shape index (κ1) is 14.7. The van der Waals surface area contributed by atoms with E-state index in [0.29, 0.717) is 11.2 Å². The second-order valence-electron chi connectivity index (χ2n) is 5.59. The smallest absolute Gasteiger partial charge is 0.314 e. The minimum Gasteiger partial charge on any atom is -0.314 e. The van der Waals surface area contributed by atoms with Gasteiger partial charge in [0.15, 0.2) is 7.05 Å². The summed E-state index contributed by atoms with van der Waals surface area (Å²) >= 11 is 0. The zero-order valence-electron chi connectivity index (χ0n) is 11.1. The zero-order valence-corrected chi connectivity index (χ0v) is 11.1. The van der Waals surface area contributed by atoms with Crippen LogP contribution in [-0.4, -0.2) is 61.1 Å². The molecule has 0 bridgehead atoms. The molecular weight excluding hydrogens is 259 g/mol. The van der Waals surface area contributed by atoms with E-state index in [-0.39, 0.29) is 18.9 Å². The fraction of sp³-hybridized carbons (Fsp3) is 1.00. The average Bonchev–Trinajstić information content (AvgIpc) is 2.38. The maximum Gasteiger partial charge on any atom is 0.392 e. The number of nitrogens with one attached hydrogen (secondary N) is 1. The Hall–Kier alpha value is -0.690. The lowest BCUT2D eigenvalue weighted by molar-refractivity contribution is -0.566. The van der Waals surface area contributed by atoms with Crippen molar-refractivity contribution in [3.8, 4) is 0 Å². The van der Waals surface area contributed by atoms with Gasteiger partial charge in [0, 0.05) is 50.0 Å². The zero-order chi connectivity index (χ0) is 14.0. The third-order valence-electron chi connectivity index (χ3n) is 4.30. The molecule has 0 amide bonds. The van der Waals surface area contributed by atoms with Gasteiger partial charge in [-0.15, -0.1) is 0 Å². The normalized spacial score (nSPS) is 34.2. The van der Waals surface area contributed by atoms with Crippen LogP contribution in [-0.2, 0) is 0 Å². The van der Waals surface area contributed by atoms with E-state index >= 15 is 0 Å². The van der Waals surface area contributed by atoms with Crippen molar-refractivity contribution >= 4 is 0 Å². The number of halogens is 3. The van der Waals surface area contributed by atoms with Gasteiger partial charge in [-0.05, 0) is 11.2 Å². The van der Waals surface area contributed by atoms with Crippen molar-refractivity contribution in [3.63, 3.8) is 0 Å². The van der Waals surface area contributed by atoms with E-state index in [4.69, 9.17) is 0 Å². The van der Waals surface area contributed by atoms with Gasteiger partial charge >= 0.3 is 6.18 Å². The summed E-state index contributed by atoms with van der Waals surface area (Å²) in [6.07, 6.45) is -3.58. The van der Waals surface area contributed by atoms with Gasteiger partial charge in [0.2, 0.25) is 6.04 Å². The molecule has 3 unspecified atom stereocenters. The van der Waals surface area contributed by atoms with Gasteiger partial charge in [-0.1, -0.05) is 0 Å². The van der Waals surface area contributed by atoms with Gasteiger partial charge in [0.25, 0.3) is 0 Å². The fourth-order valence-corrected chi connectivity index (χ4v) is 3.17. The average molecular weight is 280 g/mol. The molecule has 1 aliphatic carbocycles. The van der Waals surface area contributed by atoms with Crippen molar-refractivity contribution in [3.05, 3.63) is 4.91 Å². The Morgan fingerprint density at radius 2 is 1.79 bits per heavy atom. The lowest BCUT2D eigenvalue weighted by Gasteiger charge is -2.40.